The second-order valence-electron chi connectivity index (χ2n) is 5.05. The fourth-order valence-electron chi connectivity index (χ4n) is 2.38. The van der Waals surface area contributed by atoms with Crippen LogP contribution in [0.5, 0.6) is 0 Å². The third-order valence-corrected chi connectivity index (χ3v) is 5.41. The van der Waals surface area contributed by atoms with Gasteiger partial charge in [-0.3, -0.25) is 0 Å². The highest BCUT2D eigenvalue weighted by Gasteiger charge is 2.27. The molecular weight excluding hydrogens is 286 g/mol. The lowest BCUT2D eigenvalue weighted by Crippen LogP contribution is -2.37. The Morgan fingerprint density at radius 3 is 2.55 bits per heavy atom. The smallest absolute Gasteiger partial charge is 0.245 e. The van der Waals surface area contributed by atoms with Crippen LogP contribution in [0.15, 0.2) is 23.1 Å². The van der Waals surface area contributed by atoms with Gasteiger partial charge in [-0.2, -0.15) is 0 Å². The van der Waals surface area contributed by atoms with Crippen LogP contribution in [-0.2, 0) is 10.0 Å². The van der Waals surface area contributed by atoms with Gasteiger partial charge in [0.05, 0.1) is 0 Å². The molecule has 0 radical (unpaired) electrons. The number of rotatable bonds is 4. The van der Waals surface area contributed by atoms with Crippen LogP contribution in [0.25, 0.3) is 0 Å². The van der Waals surface area contributed by atoms with Gasteiger partial charge >= 0.3 is 0 Å². The van der Waals surface area contributed by atoms with Crippen molar-refractivity contribution >= 4 is 10.0 Å². The van der Waals surface area contributed by atoms with E-state index >= 15 is 0 Å². The third-order valence-electron chi connectivity index (χ3n) is 3.56. The van der Waals surface area contributed by atoms with Crippen LogP contribution >= 0.6 is 0 Å². The quantitative estimate of drug-likeness (QED) is 0.919. The molecule has 0 atom stereocenters. The first-order valence-corrected chi connectivity index (χ1v) is 7.97. The first-order chi connectivity index (χ1) is 9.41. The van der Waals surface area contributed by atoms with E-state index in [4.69, 9.17) is 0 Å². The zero-order valence-corrected chi connectivity index (χ0v) is 12.1. The summed E-state index contributed by atoms with van der Waals surface area (Å²) in [6.07, 6.45) is 1.79. The molecule has 1 heterocycles. The van der Waals surface area contributed by atoms with E-state index in [-0.39, 0.29) is 5.92 Å². The molecule has 7 heteroatoms. The Bertz CT molecular complexity index is 572. The van der Waals surface area contributed by atoms with Crippen molar-refractivity contribution in [1.29, 1.82) is 0 Å². The van der Waals surface area contributed by atoms with Crippen molar-refractivity contribution in [2.45, 2.75) is 17.7 Å². The first-order valence-electron chi connectivity index (χ1n) is 6.53. The molecule has 112 valence electrons. The highest BCUT2D eigenvalue weighted by molar-refractivity contribution is 7.89. The number of halogens is 2. The summed E-state index contributed by atoms with van der Waals surface area (Å²) in [6, 6.07) is 2.51. The number of piperidine rings is 1. The van der Waals surface area contributed by atoms with E-state index in [1.807, 2.05) is 0 Å². The molecule has 0 unspecified atom stereocenters. The average molecular weight is 304 g/mol. The van der Waals surface area contributed by atoms with Gasteiger partial charge in [-0.15, -0.1) is 0 Å². The van der Waals surface area contributed by atoms with Gasteiger partial charge in [-0.25, -0.2) is 21.5 Å². The number of nitrogens with zero attached hydrogens (tertiary/aromatic N) is 1. The molecule has 1 fully saturated rings. The van der Waals surface area contributed by atoms with Gasteiger partial charge in [-0.05, 0) is 44.0 Å². The van der Waals surface area contributed by atoms with Gasteiger partial charge in [0.15, 0.2) is 0 Å². The number of nitrogens with one attached hydrogen (secondary N) is 1. The van der Waals surface area contributed by atoms with Gasteiger partial charge in [0, 0.05) is 19.7 Å². The molecule has 2 rings (SSSR count). The summed E-state index contributed by atoms with van der Waals surface area (Å²) < 4.78 is 52.2. The number of hydrogen-bond acceptors (Lipinski definition) is 3. The zero-order chi connectivity index (χ0) is 14.8. The summed E-state index contributed by atoms with van der Waals surface area (Å²) in [5, 5.41) is 3.20. The summed E-state index contributed by atoms with van der Waals surface area (Å²) in [4.78, 5) is -0.477. The van der Waals surface area contributed by atoms with Crippen molar-refractivity contribution < 1.29 is 17.2 Å². The van der Waals surface area contributed by atoms with Crippen molar-refractivity contribution in [3.63, 3.8) is 0 Å². The molecule has 1 aliphatic rings. The van der Waals surface area contributed by atoms with Crippen LogP contribution in [0.3, 0.4) is 0 Å². The Balaban J connectivity index is 2.16. The van der Waals surface area contributed by atoms with E-state index in [0.717, 1.165) is 42.4 Å². The fraction of sp³-hybridized carbons (Fsp3) is 0.538. The maximum atomic E-state index is 13.6. The Morgan fingerprint density at radius 2 is 1.95 bits per heavy atom. The van der Waals surface area contributed by atoms with Crippen LogP contribution < -0.4 is 5.32 Å². The van der Waals surface area contributed by atoms with Gasteiger partial charge in [0.25, 0.3) is 0 Å². The van der Waals surface area contributed by atoms with E-state index in [0.29, 0.717) is 12.6 Å². The molecule has 0 aromatic heterocycles. The van der Waals surface area contributed by atoms with Crippen molar-refractivity contribution in [2.75, 3.05) is 26.7 Å². The van der Waals surface area contributed by atoms with Crippen LogP contribution in [-0.4, -0.2) is 39.4 Å². The molecule has 20 heavy (non-hydrogen) atoms. The van der Waals surface area contributed by atoms with E-state index in [2.05, 4.69) is 5.32 Å². The molecule has 1 aromatic carbocycles. The fourth-order valence-corrected chi connectivity index (χ4v) is 3.67. The molecule has 1 aliphatic heterocycles. The minimum Gasteiger partial charge on any atom is -0.317 e. The minimum atomic E-state index is -3.91. The number of sulfonamides is 1. The minimum absolute atomic E-state index is 0.263. The largest absolute Gasteiger partial charge is 0.317 e. The van der Waals surface area contributed by atoms with Gasteiger partial charge in [-0.1, -0.05) is 0 Å². The monoisotopic (exact) mass is 304 g/mol. The molecule has 0 aliphatic carbocycles. The molecule has 1 saturated heterocycles. The lowest BCUT2D eigenvalue weighted by Gasteiger charge is -2.27. The molecule has 0 bridgehead atoms. The van der Waals surface area contributed by atoms with E-state index in [9.17, 15) is 17.2 Å². The molecule has 1 N–H and O–H groups in total. The first kappa shape index (κ1) is 15.3. The summed E-state index contributed by atoms with van der Waals surface area (Å²) in [6.45, 7) is 2.08. The lowest BCUT2D eigenvalue weighted by atomic mass is 9.98. The second kappa shape index (κ2) is 6.15. The predicted molar refractivity (Wildman–Crippen MR) is 71.8 cm³/mol. The van der Waals surface area contributed by atoms with E-state index in [1.54, 1.807) is 0 Å². The summed E-state index contributed by atoms with van der Waals surface area (Å²) >= 11 is 0. The van der Waals surface area contributed by atoms with Gasteiger partial charge < -0.3 is 5.32 Å². The maximum Gasteiger partial charge on any atom is 0.245 e. The topological polar surface area (TPSA) is 49.4 Å². The van der Waals surface area contributed by atoms with Crippen LogP contribution in [0, 0.1) is 17.6 Å². The second-order valence-corrected chi connectivity index (χ2v) is 7.07. The van der Waals surface area contributed by atoms with Crippen molar-refractivity contribution in [1.82, 2.24) is 9.62 Å². The standard InChI is InChI=1S/C13H18F2N2O2S/c1-17(9-10-4-6-16-7-5-10)20(18,19)13-3-2-11(14)8-12(13)15/h2-3,8,10,16H,4-7,9H2,1H3. The van der Waals surface area contributed by atoms with E-state index < -0.39 is 26.6 Å². The summed E-state index contributed by atoms with van der Waals surface area (Å²) in [7, 11) is -2.48. The zero-order valence-electron chi connectivity index (χ0n) is 11.3. The van der Waals surface area contributed by atoms with Crippen LogP contribution in [0.4, 0.5) is 8.78 Å². The number of benzene rings is 1. The molecule has 0 spiro atoms. The summed E-state index contributed by atoms with van der Waals surface area (Å²) in [5.74, 6) is -1.58. The van der Waals surface area contributed by atoms with Crippen molar-refractivity contribution in [3.8, 4) is 0 Å². The molecule has 0 amide bonds. The molecular formula is C13H18F2N2O2S. The Hall–Kier alpha value is -1.05. The van der Waals surface area contributed by atoms with Crippen LogP contribution in [0.1, 0.15) is 12.8 Å². The predicted octanol–water partition coefficient (Wildman–Crippen LogP) is 1.58. The maximum absolute atomic E-state index is 13.6. The summed E-state index contributed by atoms with van der Waals surface area (Å²) in [5.41, 5.74) is 0. The average Bonchev–Trinajstić information content (AvgIpc) is 2.39. The van der Waals surface area contributed by atoms with Crippen molar-refractivity contribution in [3.05, 3.63) is 29.8 Å². The molecule has 1 aromatic rings. The normalized spacial score (nSPS) is 17.6. The Labute approximate surface area is 117 Å². The Kier molecular flexibility index (Phi) is 4.72. The Morgan fingerprint density at radius 1 is 1.30 bits per heavy atom. The molecule has 4 nitrogen and oxygen atoms in total. The van der Waals surface area contributed by atoms with E-state index in [1.165, 1.54) is 7.05 Å². The SMILES string of the molecule is CN(CC1CCNCC1)S(=O)(=O)c1ccc(F)cc1F. The highest BCUT2D eigenvalue weighted by Crippen LogP contribution is 2.22. The highest BCUT2D eigenvalue weighted by atomic mass is 32.2. The third kappa shape index (κ3) is 3.34. The van der Waals surface area contributed by atoms with Gasteiger partial charge in [0.2, 0.25) is 10.0 Å². The van der Waals surface area contributed by atoms with Gasteiger partial charge in [0.1, 0.15) is 16.5 Å². The molecule has 0 saturated carbocycles. The van der Waals surface area contributed by atoms with Crippen LogP contribution in [0.2, 0.25) is 0 Å². The number of hydrogen-bond donors (Lipinski definition) is 1. The lowest BCUT2D eigenvalue weighted by molar-refractivity contribution is 0.310. The van der Waals surface area contributed by atoms with Crippen molar-refractivity contribution in [2.24, 2.45) is 5.92 Å².